The van der Waals surface area contributed by atoms with Crippen molar-refractivity contribution in [1.29, 1.82) is 0 Å². The van der Waals surface area contributed by atoms with Gasteiger partial charge in [-0.1, -0.05) is 55.3 Å². The molecule has 1 aliphatic carbocycles. The summed E-state index contributed by atoms with van der Waals surface area (Å²) >= 11 is 0. The van der Waals surface area contributed by atoms with Crippen LogP contribution in [0, 0.1) is 0 Å². The lowest BCUT2D eigenvalue weighted by molar-refractivity contribution is -0.115. The van der Waals surface area contributed by atoms with E-state index in [0.29, 0.717) is 11.3 Å². The van der Waals surface area contributed by atoms with Crippen LogP contribution in [0.3, 0.4) is 0 Å². The summed E-state index contributed by atoms with van der Waals surface area (Å²) < 4.78 is 5.57. The van der Waals surface area contributed by atoms with Gasteiger partial charge in [0.05, 0.1) is 30.1 Å². The zero-order valence-electron chi connectivity index (χ0n) is 17.3. The van der Waals surface area contributed by atoms with Crippen molar-refractivity contribution < 1.29 is 14.0 Å². The molecule has 0 saturated heterocycles. The molecule has 0 bridgehead atoms. The van der Waals surface area contributed by atoms with Crippen molar-refractivity contribution in [3.8, 4) is 0 Å². The third-order valence-electron chi connectivity index (χ3n) is 5.56. The number of hydrogen-bond donors (Lipinski definition) is 3. The highest BCUT2D eigenvalue weighted by Crippen LogP contribution is 2.23. The van der Waals surface area contributed by atoms with Crippen LogP contribution in [-0.2, 0) is 4.79 Å². The average molecular weight is 418 g/mol. The molecule has 2 amide bonds. The normalized spacial score (nSPS) is 14.8. The van der Waals surface area contributed by atoms with Gasteiger partial charge in [-0.2, -0.15) is 0 Å². The van der Waals surface area contributed by atoms with Gasteiger partial charge in [-0.3, -0.25) is 14.9 Å². The summed E-state index contributed by atoms with van der Waals surface area (Å²) in [5, 5.41) is 9.22. The Labute approximate surface area is 182 Å². The largest absolute Gasteiger partial charge is 0.467 e. The molecule has 3 aromatic rings. The van der Waals surface area contributed by atoms with Crippen LogP contribution in [0.1, 0.15) is 53.4 Å². The van der Waals surface area contributed by atoms with Gasteiger partial charge in [-0.25, -0.2) is 0 Å². The fraction of sp³-hybridized carbons (Fsp3) is 0.280. The molecule has 3 N–H and O–H groups in total. The summed E-state index contributed by atoms with van der Waals surface area (Å²) in [5.74, 6) is 0.359. The number of para-hydroxylation sites is 1. The number of anilines is 1. The lowest BCUT2D eigenvalue weighted by atomic mass is 10.0. The fourth-order valence-corrected chi connectivity index (χ4v) is 4.00. The predicted molar refractivity (Wildman–Crippen MR) is 120 cm³/mol. The molecule has 6 heteroatoms. The molecule has 1 fully saturated rings. The standard InChI is InChI=1S/C25H27N3O3/c29-23(17-26-24(22-15-8-16-31-22)18-9-2-1-3-10-18)28-21-14-7-6-13-20(21)25(30)27-19-11-4-5-12-19/h1-3,6-10,13-16,19,24,26H,4-5,11-12,17H2,(H,27,30)(H,28,29)/t24-/m0/s1. The minimum atomic E-state index is -0.247. The van der Waals surface area contributed by atoms with Gasteiger partial charge in [0, 0.05) is 6.04 Å². The van der Waals surface area contributed by atoms with E-state index in [9.17, 15) is 9.59 Å². The molecule has 6 nitrogen and oxygen atoms in total. The first-order chi connectivity index (χ1) is 15.2. The second kappa shape index (κ2) is 10.1. The topological polar surface area (TPSA) is 83.4 Å². The molecular weight excluding hydrogens is 390 g/mol. The van der Waals surface area contributed by atoms with Gasteiger partial charge in [-0.05, 0) is 42.7 Å². The Morgan fingerprint density at radius 2 is 1.68 bits per heavy atom. The first-order valence-corrected chi connectivity index (χ1v) is 10.7. The minimum Gasteiger partial charge on any atom is -0.467 e. The third-order valence-corrected chi connectivity index (χ3v) is 5.56. The molecule has 2 aromatic carbocycles. The SMILES string of the molecule is O=C(CN[C@@H](c1ccccc1)c1ccco1)Nc1ccccc1C(=O)NC1CCCC1. The lowest BCUT2D eigenvalue weighted by Crippen LogP contribution is -2.34. The molecule has 160 valence electrons. The minimum absolute atomic E-state index is 0.0683. The van der Waals surface area contributed by atoms with Gasteiger partial charge in [0.1, 0.15) is 5.76 Å². The van der Waals surface area contributed by atoms with E-state index < -0.39 is 0 Å². The van der Waals surface area contributed by atoms with E-state index >= 15 is 0 Å². The molecule has 0 unspecified atom stereocenters. The highest BCUT2D eigenvalue weighted by Gasteiger charge is 2.21. The van der Waals surface area contributed by atoms with Crippen LogP contribution in [0.2, 0.25) is 0 Å². The first kappa shape index (κ1) is 20.9. The van der Waals surface area contributed by atoms with E-state index in [1.807, 2.05) is 48.5 Å². The molecule has 31 heavy (non-hydrogen) atoms. The maximum Gasteiger partial charge on any atom is 0.253 e. The van der Waals surface area contributed by atoms with Crippen molar-refractivity contribution in [2.75, 3.05) is 11.9 Å². The van der Waals surface area contributed by atoms with Crippen LogP contribution >= 0.6 is 0 Å². The Kier molecular flexibility index (Phi) is 6.79. The maximum atomic E-state index is 12.7. The van der Waals surface area contributed by atoms with Crippen LogP contribution in [0.15, 0.2) is 77.4 Å². The van der Waals surface area contributed by atoms with Gasteiger partial charge in [0.15, 0.2) is 0 Å². The number of furan rings is 1. The van der Waals surface area contributed by atoms with Crippen molar-refractivity contribution in [3.63, 3.8) is 0 Å². The van der Waals surface area contributed by atoms with Crippen LogP contribution < -0.4 is 16.0 Å². The zero-order chi connectivity index (χ0) is 21.5. The van der Waals surface area contributed by atoms with E-state index in [1.165, 1.54) is 0 Å². The average Bonchev–Trinajstić information content (AvgIpc) is 3.50. The molecule has 1 aliphatic rings. The summed E-state index contributed by atoms with van der Waals surface area (Å²) in [6.07, 6.45) is 5.93. The highest BCUT2D eigenvalue weighted by molar-refractivity contribution is 6.04. The van der Waals surface area contributed by atoms with Crippen LogP contribution in [0.5, 0.6) is 0 Å². The van der Waals surface area contributed by atoms with Gasteiger partial charge in [0.25, 0.3) is 5.91 Å². The molecule has 4 rings (SSSR count). The summed E-state index contributed by atoms with van der Waals surface area (Å²) in [6.45, 7) is 0.0683. The van der Waals surface area contributed by atoms with Crippen LogP contribution in [-0.4, -0.2) is 24.4 Å². The number of benzene rings is 2. The Morgan fingerprint density at radius 3 is 2.42 bits per heavy atom. The fourth-order valence-electron chi connectivity index (χ4n) is 4.00. The van der Waals surface area contributed by atoms with E-state index in [0.717, 1.165) is 37.0 Å². The predicted octanol–water partition coefficient (Wildman–Crippen LogP) is 4.27. The Morgan fingerprint density at radius 1 is 0.935 bits per heavy atom. The summed E-state index contributed by atoms with van der Waals surface area (Å²) in [4.78, 5) is 25.4. The monoisotopic (exact) mass is 417 g/mol. The number of rotatable bonds is 8. The van der Waals surface area contributed by atoms with Crippen LogP contribution in [0.25, 0.3) is 0 Å². The second-order valence-electron chi connectivity index (χ2n) is 7.79. The summed E-state index contributed by atoms with van der Waals surface area (Å²) in [7, 11) is 0. The Balaban J connectivity index is 1.41. The Bertz CT molecular complexity index is 996. The highest BCUT2D eigenvalue weighted by atomic mass is 16.3. The molecule has 0 radical (unpaired) electrons. The van der Waals surface area contributed by atoms with Gasteiger partial charge in [0.2, 0.25) is 5.91 Å². The van der Waals surface area contributed by atoms with Crippen molar-refractivity contribution in [2.45, 2.75) is 37.8 Å². The van der Waals surface area contributed by atoms with E-state index in [1.54, 1.807) is 24.5 Å². The van der Waals surface area contributed by atoms with Gasteiger partial charge in [-0.15, -0.1) is 0 Å². The molecule has 1 heterocycles. The Hall–Kier alpha value is -3.38. The quantitative estimate of drug-likeness (QED) is 0.511. The van der Waals surface area contributed by atoms with Gasteiger partial charge >= 0.3 is 0 Å². The second-order valence-corrected chi connectivity index (χ2v) is 7.79. The van der Waals surface area contributed by atoms with Crippen molar-refractivity contribution in [2.24, 2.45) is 0 Å². The van der Waals surface area contributed by atoms with Gasteiger partial charge < -0.3 is 15.1 Å². The van der Waals surface area contributed by atoms with Crippen molar-refractivity contribution in [1.82, 2.24) is 10.6 Å². The molecule has 1 aromatic heterocycles. The number of amides is 2. The first-order valence-electron chi connectivity index (χ1n) is 10.7. The summed E-state index contributed by atoms with van der Waals surface area (Å²) in [6, 6.07) is 20.6. The molecule has 1 atom stereocenters. The summed E-state index contributed by atoms with van der Waals surface area (Å²) in [5.41, 5.74) is 1.99. The maximum absolute atomic E-state index is 12.7. The number of hydrogen-bond acceptors (Lipinski definition) is 4. The van der Waals surface area contributed by atoms with E-state index in [2.05, 4.69) is 16.0 Å². The molecule has 0 spiro atoms. The lowest BCUT2D eigenvalue weighted by Gasteiger charge is -2.18. The van der Waals surface area contributed by atoms with E-state index in [-0.39, 0.29) is 30.4 Å². The molecule has 1 saturated carbocycles. The van der Waals surface area contributed by atoms with Crippen molar-refractivity contribution >= 4 is 17.5 Å². The zero-order valence-corrected chi connectivity index (χ0v) is 17.3. The van der Waals surface area contributed by atoms with Crippen molar-refractivity contribution in [3.05, 3.63) is 89.9 Å². The third kappa shape index (κ3) is 5.41. The van der Waals surface area contributed by atoms with Crippen LogP contribution in [0.4, 0.5) is 5.69 Å². The smallest absolute Gasteiger partial charge is 0.253 e. The number of nitrogens with one attached hydrogen (secondary N) is 3. The number of carbonyl (C=O) groups is 2. The number of carbonyl (C=O) groups excluding carboxylic acids is 2. The molecule has 0 aliphatic heterocycles. The molecular formula is C25H27N3O3. The van der Waals surface area contributed by atoms with E-state index in [4.69, 9.17) is 4.42 Å².